The molecule has 1 fully saturated rings. The summed E-state index contributed by atoms with van der Waals surface area (Å²) >= 11 is 5.79. The van der Waals surface area contributed by atoms with Crippen LogP contribution in [0, 0.1) is 11.7 Å². The van der Waals surface area contributed by atoms with Crippen LogP contribution < -0.4 is 0 Å². The number of pyridine rings is 1. The first kappa shape index (κ1) is 20.3. The smallest absolute Gasteiger partial charge is 0.243 e. The van der Waals surface area contributed by atoms with Gasteiger partial charge in [-0.3, -0.25) is 4.98 Å². The Morgan fingerprint density at radius 1 is 1.31 bits per heavy atom. The molecule has 154 valence electrons. The average molecular weight is 437 g/mol. The molecule has 0 N–H and O–H groups in total. The van der Waals surface area contributed by atoms with Crippen LogP contribution in [-0.4, -0.2) is 40.3 Å². The number of nitrogens with zero attached hydrogens (tertiary/aromatic N) is 4. The number of imidazole rings is 1. The van der Waals surface area contributed by atoms with E-state index in [9.17, 15) is 12.8 Å². The quantitative estimate of drug-likeness (QED) is 0.604. The molecule has 1 aliphatic rings. The van der Waals surface area contributed by atoms with E-state index in [1.54, 1.807) is 12.4 Å². The fourth-order valence-corrected chi connectivity index (χ4v) is 5.57. The molecule has 0 spiro atoms. The summed E-state index contributed by atoms with van der Waals surface area (Å²) in [6.07, 6.45) is 4.18. The van der Waals surface area contributed by atoms with Crippen LogP contribution in [0.15, 0.2) is 41.6 Å². The zero-order chi connectivity index (χ0) is 20.8. The molecule has 0 amide bonds. The maximum atomic E-state index is 13.4. The summed E-state index contributed by atoms with van der Waals surface area (Å²) in [7, 11) is -3.75. The van der Waals surface area contributed by atoms with E-state index in [2.05, 4.69) is 23.4 Å². The zero-order valence-corrected chi connectivity index (χ0v) is 17.8. The Morgan fingerprint density at radius 2 is 2.10 bits per heavy atom. The first-order chi connectivity index (χ1) is 13.8. The van der Waals surface area contributed by atoms with Crippen molar-refractivity contribution >= 4 is 32.7 Å². The minimum absolute atomic E-state index is 0.00410. The van der Waals surface area contributed by atoms with E-state index in [1.165, 1.54) is 16.4 Å². The monoisotopic (exact) mass is 436 g/mol. The van der Waals surface area contributed by atoms with Crippen molar-refractivity contribution in [3.8, 4) is 0 Å². The molecule has 1 atom stereocenters. The second-order valence-corrected chi connectivity index (χ2v) is 10.1. The molecule has 9 heteroatoms. The van der Waals surface area contributed by atoms with Crippen LogP contribution in [0.2, 0.25) is 5.02 Å². The lowest BCUT2D eigenvalue weighted by molar-refractivity contribution is 0.462. The Balaban J connectivity index is 1.65. The molecule has 1 aromatic carbocycles. The van der Waals surface area contributed by atoms with Crippen molar-refractivity contribution < 1.29 is 12.8 Å². The Hall–Kier alpha value is -2.03. The number of rotatable bonds is 5. The Labute approximate surface area is 174 Å². The van der Waals surface area contributed by atoms with Crippen molar-refractivity contribution in [3.05, 3.63) is 53.3 Å². The third kappa shape index (κ3) is 3.76. The predicted molar refractivity (Wildman–Crippen MR) is 110 cm³/mol. The summed E-state index contributed by atoms with van der Waals surface area (Å²) in [5.41, 5.74) is 1.82. The third-order valence-corrected chi connectivity index (χ3v) is 7.32. The Kier molecular flexibility index (Phi) is 5.35. The SMILES string of the molecule is CC(C)Cn1c(C2CCN(S(=O)(=O)c3ccc(F)c(Cl)c3)C2)nc2ccncc21. The van der Waals surface area contributed by atoms with Crippen LogP contribution in [0.5, 0.6) is 0 Å². The molecular weight excluding hydrogens is 415 g/mol. The van der Waals surface area contributed by atoms with Crippen LogP contribution >= 0.6 is 11.6 Å². The summed E-state index contributed by atoms with van der Waals surface area (Å²) in [5, 5.41) is -0.201. The topological polar surface area (TPSA) is 68.1 Å². The first-order valence-corrected chi connectivity index (χ1v) is 11.3. The second kappa shape index (κ2) is 7.66. The average Bonchev–Trinajstić information content (AvgIpc) is 3.29. The lowest BCUT2D eigenvalue weighted by Gasteiger charge is -2.18. The largest absolute Gasteiger partial charge is 0.326 e. The maximum Gasteiger partial charge on any atom is 0.243 e. The number of benzene rings is 1. The lowest BCUT2D eigenvalue weighted by Crippen LogP contribution is -2.29. The molecule has 0 saturated carbocycles. The van der Waals surface area contributed by atoms with Crippen molar-refractivity contribution in [2.45, 2.75) is 37.6 Å². The van der Waals surface area contributed by atoms with Gasteiger partial charge in [-0.25, -0.2) is 17.8 Å². The molecule has 1 unspecified atom stereocenters. The van der Waals surface area contributed by atoms with Gasteiger partial charge >= 0.3 is 0 Å². The van der Waals surface area contributed by atoms with Crippen LogP contribution in [0.1, 0.15) is 32.0 Å². The summed E-state index contributed by atoms with van der Waals surface area (Å²) < 4.78 is 43.1. The predicted octanol–water partition coefficient (Wildman–Crippen LogP) is 4.06. The highest BCUT2D eigenvalue weighted by Gasteiger charge is 2.36. The van der Waals surface area contributed by atoms with Gasteiger partial charge in [-0.15, -0.1) is 0 Å². The van der Waals surface area contributed by atoms with E-state index in [-0.39, 0.29) is 15.8 Å². The van der Waals surface area contributed by atoms with E-state index in [0.29, 0.717) is 25.4 Å². The lowest BCUT2D eigenvalue weighted by atomic mass is 10.1. The minimum Gasteiger partial charge on any atom is -0.326 e. The van der Waals surface area contributed by atoms with Gasteiger partial charge in [-0.05, 0) is 36.6 Å². The third-order valence-electron chi connectivity index (χ3n) is 5.17. The second-order valence-electron chi connectivity index (χ2n) is 7.76. The minimum atomic E-state index is -3.75. The molecule has 6 nitrogen and oxygen atoms in total. The van der Waals surface area contributed by atoms with Gasteiger partial charge in [0.1, 0.15) is 11.6 Å². The van der Waals surface area contributed by atoms with E-state index in [4.69, 9.17) is 16.6 Å². The standard InChI is InChI=1S/C20H22ClFN4O2S/c1-13(2)11-26-19-10-23-7-5-18(19)24-20(26)14-6-8-25(12-14)29(27,28)15-3-4-17(22)16(21)9-15/h3-5,7,9-10,13-14H,6,8,11-12H2,1-2H3. The Morgan fingerprint density at radius 3 is 2.83 bits per heavy atom. The number of sulfonamides is 1. The summed E-state index contributed by atoms with van der Waals surface area (Å²) in [6.45, 7) is 5.76. The molecule has 0 radical (unpaired) electrons. The van der Waals surface area contributed by atoms with E-state index in [1.807, 2.05) is 6.07 Å². The molecule has 3 heterocycles. The van der Waals surface area contributed by atoms with E-state index >= 15 is 0 Å². The van der Waals surface area contributed by atoms with Gasteiger partial charge in [0.25, 0.3) is 0 Å². The van der Waals surface area contributed by atoms with E-state index < -0.39 is 15.8 Å². The molecule has 29 heavy (non-hydrogen) atoms. The number of halogens is 2. The van der Waals surface area contributed by atoms with Crippen LogP contribution in [-0.2, 0) is 16.6 Å². The summed E-state index contributed by atoms with van der Waals surface area (Å²) in [5.74, 6) is 0.637. The molecule has 1 aliphatic heterocycles. The van der Waals surface area contributed by atoms with Gasteiger partial charge in [0.15, 0.2) is 0 Å². The number of hydrogen-bond donors (Lipinski definition) is 0. The number of aromatic nitrogens is 3. The Bertz CT molecular complexity index is 1160. The van der Waals surface area contributed by atoms with Crippen LogP contribution in [0.25, 0.3) is 11.0 Å². The summed E-state index contributed by atoms with van der Waals surface area (Å²) in [4.78, 5) is 9.02. The van der Waals surface area contributed by atoms with Gasteiger partial charge in [0, 0.05) is 31.7 Å². The maximum absolute atomic E-state index is 13.4. The van der Waals surface area contributed by atoms with Crippen LogP contribution in [0.3, 0.4) is 0 Å². The van der Waals surface area contributed by atoms with Crippen LogP contribution in [0.4, 0.5) is 4.39 Å². The van der Waals surface area contributed by atoms with Crippen molar-refractivity contribution in [1.82, 2.24) is 18.8 Å². The highest BCUT2D eigenvalue weighted by Crippen LogP contribution is 2.33. The molecule has 0 bridgehead atoms. The fourth-order valence-electron chi connectivity index (χ4n) is 3.80. The molecule has 3 aromatic rings. The van der Waals surface area contributed by atoms with Gasteiger partial charge < -0.3 is 4.57 Å². The number of fused-ring (bicyclic) bond motifs is 1. The highest BCUT2D eigenvalue weighted by molar-refractivity contribution is 7.89. The van der Waals surface area contributed by atoms with Gasteiger partial charge in [-0.1, -0.05) is 25.4 Å². The first-order valence-electron chi connectivity index (χ1n) is 9.52. The fraction of sp³-hybridized carbons (Fsp3) is 0.400. The van der Waals surface area contributed by atoms with Gasteiger partial charge in [-0.2, -0.15) is 4.31 Å². The molecule has 2 aromatic heterocycles. The normalized spacial score (nSPS) is 18.2. The zero-order valence-electron chi connectivity index (χ0n) is 16.2. The highest BCUT2D eigenvalue weighted by atomic mass is 35.5. The van der Waals surface area contributed by atoms with Crippen molar-refractivity contribution in [2.24, 2.45) is 5.92 Å². The molecule has 0 aliphatic carbocycles. The van der Waals surface area contributed by atoms with E-state index in [0.717, 1.165) is 29.5 Å². The molecular formula is C20H22ClFN4O2S. The van der Waals surface area contributed by atoms with Crippen molar-refractivity contribution in [2.75, 3.05) is 13.1 Å². The van der Waals surface area contributed by atoms with Crippen molar-refractivity contribution in [3.63, 3.8) is 0 Å². The van der Waals surface area contributed by atoms with Gasteiger partial charge in [0.2, 0.25) is 10.0 Å². The molecule has 1 saturated heterocycles. The molecule has 4 rings (SSSR count). The summed E-state index contributed by atoms with van der Waals surface area (Å²) in [6, 6.07) is 5.38. The van der Waals surface area contributed by atoms with Crippen molar-refractivity contribution in [1.29, 1.82) is 0 Å². The van der Waals surface area contributed by atoms with Gasteiger partial charge in [0.05, 0.1) is 27.1 Å². The number of hydrogen-bond acceptors (Lipinski definition) is 4.